The highest BCUT2D eigenvalue weighted by Gasteiger charge is 2.43. The minimum Gasteiger partial charge on any atom is -0.508 e. The largest absolute Gasteiger partial charge is 0.508 e. The molecule has 36 nitrogen and oxygen atoms in total. The van der Waals surface area contributed by atoms with Crippen molar-refractivity contribution in [3.8, 4) is 11.5 Å². The molecule has 0 aliphatic carbocycles. The van der Waals surface area contributed by atoms with Crippen molar-refractivity contribution >= 4 is 128 Å². The number of aromatic hydroxyl groups is 2. The first-order valence-corrected chi connectivity index (χ1v) is 44.8. The number of rotatable bonds is 23. The molecule has 1 fully saturated rings. The number of nitrogens with zero attached hydrogens (tertiary/aromatic N) is 5. The van der Waals surface area contributed by atoms with Crippen LogP contribution in [0.2, 0.25) is 0 Å². The second-order valence-electron chi connectivity index (χ2n) is 33.9. The van der Waals surface area contributed by atoms with Gasteiger partial charge in [0.15, 0.2) is 0 Å². The number of likely N-dealkylation sites (N-methyl/N-ethyl adjacent to an activating group) is 5. The average molecular weight is 1840 g/mol. The van der Waals surface area contributed by atoms with Crippen molar-refractivity contribution in [3.05, 3.63) is 203 Å². The zero-order valence-corrected chi connectivity index (χ0v) is 76.4. The Kier molecular flexibility index (Phi) is 37.3. The van der Waals surface area contributed by atoms with E-state index in [9.17, 15) is 53.7 Å². The van der Waals surface area contributed by atoms with Crippen LogP contribution in [0.5, 0.6) is 11.5 Å². The Morgan fingerprint density at radius 1 is 0.455 bits per heavy atom. The van der Waals surface area contributed by atoms with Crippen LogP contribution in [0.4, 0.5) is 0 Å². The first-order chi connectivity index (χ1) is 62.9. The molecule has 6 aromatic carbocycles. The molecule has 0 radical (unpaired) electrons. The smallest absolute Gasteiger partial charge is 0.305 e. The van der Waals surface area contributed by atoms with Gasteiger partial charge in [-0.2, -0.15) is 0 Å². The number of carboxylic acid groups (broad SMARTS) is 1. The van der Waals surface area contributed by atoms with E-state index in [-0.39, 0.29) is 74.5 Å². The lowest BCUT2D eigenvalue weighted by molar-refractivity contribution is -0.151. The van der Waals surface area contributed by atoms with Gasteiger partial charge < -0.3 is 103 Å². The highest BCUT2D eigenvalue weighted by atomic mass is 32.2. The summed E-state index contributed by atoms with van der Waals surface area (Å²) in [6.07, 6.45) is 1.68. The first kappa shape index (κ1) is 102. The van der Waals surface area contributed by atoms with Crippen molar-refractivity contribution in [2.45, 2.75) is 172 Å². The zero-order chi connectivity index (χ0) is 96.2. The summed E-state index contributed by atoms with van der Waals surface area (Å²) in [4.78, 5) is 248. The number of carboxylic acids is 1. The van der Waals surface area contributed by atoms with E-state index in [0.29, 0.717) is 68.0 Å². The first-order valence-electron chi connectivity index (χ1n) is 43.7. The second kappa shape index (κ2) is 48.5. The maximum absolute atomic E-state index is 15.7. The molecule has 2 aromatic heterocycles. The number of aromatic nitrogens is 2. The number of hydrogen-bond donors (Lipinski definition) is 15. The number of benzene rings is 6. The molecule has 132 heavy (non-hydrogen) atoms. The third-order valence-electron chi connectivity index (χ3n) is 22.9. The Morgan fingerprint density at radius 3 is 1.53 bits per heavy atom. The molecule has 1 saturated heterocycles. The van der Waals surface area contributed by atoms with E-state index in [1.165, 1.54) is 93.6 Å². The molecule has 1 aliphatic heterocycles. The van der Waals surface area contributed by atoms with Crippen molar-refractivity contribution < 1.29 is 92.0 Å². The predicted octanol–water partition coefficient (Wildman–Crippen LogP) is 2.81. The molecule has 0 saturated carbocycles. The number of para-hydroxylation sites is 1. The Morgan fingerprint density at radius 2 is 0.939 bits per heavy atom. The second-order valence-corrected chi connectivity index (χ2v) is 35.0. The lowest BCUT2D eigenvalue weighted by Gasteiger charge is -2.37. The molecule has 0 unspecified atom stereocenters. The van der Waals surface area contributed by atoms with Crippen LogP contribution in [0.1, 0.15) is 100 Å². The highest BCUT2D eigenvalue weighted by Crippen LogP contribution is 2.26. The van der Waals surface area contributed by atoms with E-state index in [2.05, 4.69) is 57.8 Å². The third-order valence-corrected chi connectivity index (χ3v) is 23.9. The van der Waals surface area contributed by atoms with Gasteiger partial charge in [-0.1, -0.05) is 163 Å². The SMILES string of the molecule is CCCC[C@H]1C(=O)N(C)CC(=O)N[C@@H](CC(=O)O)C(=O)N[C@@H](C(C)C)C(=O)N(C)[C@@H](Cc2cccc3[nH]ccc23)C(=O)N[C@@H](Cc2ccc(O)cc2)C(=O)N(C)CC(=O)N[C@@H](Cc2c[nH]c3ccccc23)C(=O)N[C@@H](Cc2ccc(O)cc2)C(=O)N[C@@H](CC(C)C)C(=O)N[C@H](C(=O)NCC(N)=O)CSCC(=O)N[C@@H](Cc2ccccc2)C(=O)N(C)[C@@H](Cc2ccccc2)C(=O)N1C. The molecule has 8 aromatic rings. The van der Waals surface area contributed by atoms with Gasteiger partial charge in [-0.05, 0) is 101 Å². The average Bonchev–Trinajstić information content (AvgIpc) is 1.18. The van der Waals surface area contributed by atoms with Crippen LogP contribution < -0.4 is 53.6 Å². The summed E-state index contributed by atoms with van der Waals surface area (Å²) in [5.41, 5.74) is 9.76. The lowest BCUT2D eigenvalue weighted by Crippen LogP contribution is -2.61. The quantitative estimate of drug-likeness (QED) is 0.0438. The number of unbranched alkanes of at least 4 members (excludes halogenated alkanes) is 1. The molecule has 1 aliphatic rings. The minimum absolute atomic E-state index is 0.0264. The monoisotopic (exact) mass is 1830 g/mol. The zero-order valence-electron chi connectivity index (χ0n) is 75.6. The van der Waals surface area contributed by atoms with Crippen LogP contribution in [-0.2, 0) is 115 Å². The molecular formula is C95H119N17O19S. The van der Waals surface area contributed by atoms with Crippen LogP contribution in [0, 0.1) is 11.8 Å². The molecule has 704 valence electrons. The predicted molar refractivity (Wildman–Crippen MR) is 494 cm³/mol. The third kappa shape index (κ3) is 29.2. The molecule has 9 rings (SSSR count). The number of phenols is 2. The van der Waals surface area contributed by atoms with Crippen LogP contribution in [-0.4, -0.2) is 277 Å². The van der Waals surface area contributed by atoms with Gasteiger partial charge in [-0.15, -0.1) is 11.8 Å². The van der Waals surface area contributed by atoms with E-state index in [1.807, 2.05) is 6.92 Å². The number of amides is 15. The maximum Gasteiger partial charge on any atom is 0.305 e. The van der Waals surface area contributed by atoms with Crippen LogP contribution >= 0.6 is 11.8 Å². The Labute approximate surface area is 769 Å². The summed E-state index contributed by atoms with van der Waals surface area (Å²) in [6.45, 7) is 6.17. The van der Waals surface area contributed by atoms with Crippen molar-refractivity contribution in [1.82, 2.24) is 82.3 Å². The van der Waals surface area contributed by atoms with Gasteiger partial charge in [0, 0.05) is 114 Å². The van der Waals surface area contributed by atoms with E-state index in [4.69, 9.17) is 5.73 Å². The van der Waals surface area contributed by atoms with Crippen molar-refractivity contribution in [2.75, 3.05) is 66.4 Å². The molecule has 3 heterocycles. The number of carbonyl (C=O) groups excluding carboxylic acids is 15. The summed E-state index contributed by atoms with van der Waals surface area (Å²) >= 11 is 0.829. The number of aromatic amines is 2. The standard InChI is InChI=1S/C95H119N17O19S/c1-11-12-30-76-93(129)109(7)52-81(117)101-72(48-83(119)120)89(125)107-84(56(4)5)95(131)111(9)77(47-61-26-21-29-67-66(61)39-40-97-67)90(126)105-73(44-60-33-37-64(114)38-34-60)91(127)108(6)51-80(116)100-71(46-62-49-98-68-28-20-19-27-65(62)68)88(124)104-70(42-59-31-35-63(113)36-32-59)87(123)103-69(41-55(2)3)86(122)106-75(85(121)99-50-79(96)115)53-132-54-82(118)102-74(43-57-22-15-13-16-23-57)92(128)112(10)78(94(130)110(76)8)45-58-24-17-14-18-25-58/h13-29,31-40,49,55-56,69-78,84,97-98,113-114H,11-12,30,41-48,50-54H2,1-10H3,(H2,96,115)(H,99,121)(H,100,116)(H,101,117)(H,102,118)(H,103,123)(H,104,124)(H,105,126)(H,106,122)(H,107,125)(H,119,120)/t69-,70-,71-,72-,73-,74-,75-,76-,77-,78-,84-/m0/s1. The number of phenolic OH excluding ortho intramolecular Hbond substituents is 2. The Hall–Kier alpha value is -14.1. The van der Waals surface area contributed by atoms with E-state index >= 15 is 38.4 Å². The summed E-state index contributed by atoms with van der Waals surface area (Å²) in [5, 5.41) is 56.5. The van der Waals surface area contributed by atoms with Crippen molar-refractivity contribution in [1.29, 1.82) is 0 Å². The van der Waals surface area contributed by atoms with E-state index < -0.39 is 199 Å². The van der Waals surface area contributed by atoms with Gasteiger partial charge in [0.2, 0.25) is 88.6 Å². The number of thioether (sulfide) groups is 1. The van der Waals surface area contributed by atoms with Gasteiger partial charge >= 0.3 is 5.97 Å². The Bertz CT molecular complexity index is 5400. The number of carbonyl (C=O) groups is 16. The van der Waals surface area contributed by atoms with E-state index in [0.717, 1.165) is 26.5 Å². The van der Waals surface area contributed by atoms with E-state index in [1.54, 1.807) is 149 Å². The van der Waals surface area contributed by atoms with Crippen molar-refractivity contribution in [2.24, 2.45) is 17.6 Å². The number of fused-ring (bicyclic) bond motifs is 2. The highest BCUT2D eigenvalue weighted by molar-refractivity contribution is 8.00. The normalized spacial score (nSPS) is 21.7. The Balaban J connectivity index is 1.12. The fraction of sp³-hybridized carbons (Fsp3) is 0.411. The van der Waals surface area contributed by atoms with Gasteiger partial charge in [0.1, 0.15) is 78.0 Å². The minimum atomic E-state index is -1.92. The van der Waals surface area contributed by atoms with Crippen LogP contribution in [0.25, 0.3) is 21.8 Å². The molecular weight excluding hydrogens is 1720 g/mol. The summed E-state index contributed by atoms with van der Waals surface area (Å²) < 4.78 is 0. The molecule has 15 amide bonds. The fourth-order valence-electron chi connectivity index (χ4n) is 15.6. The molecule has 0 bridgehead atoms. The number of primary amides is 1. The number of nitrogens with two attached hydrogens (primary N) is 1. The van der Waals surface area contributed by atoms with Crippen LogP contribution in [0.15, 0.2) is 170 Å². The number of H-pyrrole nitrogens is 2. The number of hydrogen-bond acceptors (Lipinski definition) is 19. The molecule has 16 N–H and O–H groups in total. The summed E-state index contributed by atoms with van der Waals surface area (Å²) in [6, 6.07) is 25.6. The molecule has 11 atom stereocenters. The van der Waals surface area contributed by atoms with Gasteiger partial charge in [0.05, 0.1) is 31.8 Å². The van der Waals surface area contributed by atoms with Crippen LogP contribution in [0.3, 0.4) is 0 Å². The summed E-state index contributed by atoms with van der Waals surface area (Å²) in [7, 11) is 6.55. The number of aliphatic carboxylic acids is 1. The lowest BCUT2D eigenvalue weighted by atomic mass is 9.97. The fourth-order valence-corrected chi connectivity index (χ4v) is 16.5. The van der Waals surface area contributed by atoms with Crippen molar-refractivity contribution in [3.63, 3.8) is 0 Å². The van der Waals surface area contributed by atoms with Gasteiger partial charge in [-0.3, -0.25) is 76.7 Å². The topological polar surface area (TPSA) is 516 Å². The van der Waals surface area contributed by atoms with Gasteiger partial charge in [-0.25, -0.2) is 0 Å². The van der Waals surface area contributed by atoms with Gasteiger partial charge in [0.25, 0.3) is 0 Å². The molecule has 0 spiro atoms. The molecule has 37 heteroatoms. The summed E-state index contributed by atoms with van der Waals surface area (Å²) in [5.74, 6) is -17.5. The maximum atomic E-state index is 15.7. The number of nitrogens with one attached hydrogen (secondary N) is 11.